The largest absolute Gasteiger partial charge is 0.507 e. The van der Waals surface area contributed by atoms with Gasteiger partial charge in [-0.25, -0.2) is 0 Å². The van der Waals surface area contributed by atoms with Gasteiger partial charge in [0.25, 0.3) is 0 Å². The first-order valence-electron chi connectivity index (χ1n) is 12.9. The van der Waals surface area contributed by atoms with Gasteiger partial charge in [-0.2, -0.15) is 0 Å². The van der Waals surface area contributed by atoms with Crippen molar-refractivity contribution in [3.8, 4) is 11.5 Å². The molecule has 40 heavy (non-hydrogen) atoms. The van der Waals surface area contributed by atoms with Gasteiger partial charge in [-0.15, -0.1) is 0 Å². The van der Waals surface area contributed by atoms with Crippen LogP contribution in [0.4, 0.5) is 0 Å². The number of rotatable bonds is 4. The van der Waals surface area contributed by atoms with Crippen molar-refractivity contribution in [3.05, 3.63) is 67.9 Å². The van der Waals surface area contributed by atoms with Gasteiger partial charge >= 0.3 is 0 Å². The smallest absolute Gasteiger partial charge is 0.193 e. The quantitative estimate of drug-likeness (QED) is 0.350. The highest BCUT2D eigenvalue weighted by molar-refractivity contribution is 6.17. The lowest BCUT2D eigenvalue weighted by atomic mass is 9.57. The molecule has 1 heterocycles. The molecule has 3 aliphatic carbocycles. The lowest BCUT2D eigenvalue weighted by Gasteiger charge is -2.46. The first-order valence-corrected chi connectivity index (χ1v) is 12.9. The predicted octanol–water partition coefficient (Wildman–Crippen LogP) is 2.77. The number of aromatic hydroxyl groups is 2. The van der Waals surface area contributed by atoms with Gasteiger partial charge in [-0.1, -0.05) is 13.8 Å². The first kappa shape index (κ1) is 27.7. The van der Waals surface area contributed by atoms with Gasteiger partial charge in [0, 0.05) is 28.5 Å². The maximum Gasteiger partial charge on any atom is 0.193 e. The van der Waals surface area contributed by atoms with Crippen molar-refractivity contribution >= 4 is 17.3 Å². The normalized spacial score (nSPS) is 29.1. The third-order valence-corrected chi connectivity index (χ3v) is 9.19. The number of phenols is 2. The summed E-state index contributed by atoms with van der Waals surface area (Å²) in [6.45, 7) is 9.41. The van der Waals surface area contributed by atoms with Crippen molar-refractivity contribution in [1.29, 1.82) is 0 Å². The number of allylic oxidation sites excluding steroid dienone is 4. The molecular formula is C30H32O10. The summed E-state index contributed by atoms with van der Waals surface area (Å²) in [5, 5.41) is 56.1. The SMILES string of the molecule is COC1=C(O)C2=C3C(=C4OC(C)C(C)(C)C4(O)C(=O)C3C1O)C(C)=C(Cc1c(O)c(C)cc(C(C)=O)c1O)C2=O. The Balaban J connectivity index is 1.86. The highest BCUT2D eigenvalue weighted by Gasteiger charge is 2.69. The second-order valence-corrected chi connectivity index (χ2v) is 11.5. The first-order chi connectivity index (χ1) is 18.5. The molecule has 1 aromatic carbocycles. The van der Waals surface area contributed by atoms with E-state index in [0.717, 1.165) is 0 Å². The predicted molar refractivity (Wildman–Crippen MR) is 140 cm³/mol. The van der Waals surface area contributed by atoms with E-state index in [9.17, 15) is 39.9 Å². The number of phenolic OH excluding ortho intramolecular Hbond substituents is 2. The number of aliphatic hydroxyl groups excluding tert-OH is 2. The number of aliphatic hydroxyl groups is 3. The van der Waals surface area contributed by atoms with Crippen LogP contribution in [0, 0.1) is 18.3 Å². The summed E-state index contributed by atoms with van der Waals surface area (Å²) in [6.07, 6.45) is -2.69. The van der Waals surface area contributed by atoms with Crippen LogP contribution in [0.5, 0.6) is 11.5 Å². The van der Waals surface area contributed by atoms with Gasteiger partial charge < -0.3 is 35.0 Å². The van der Waals surface area contributed by atoms with Crippen LogP contribution >= 0.6 is 0 Å². The van der Waals surface area contributed by atoms with Crippen molar-refractivity contribution in [2.45, 2.75) is 65.8 Å². The van der Waals surface area contributed by atoms with Gasteiger partial charge in [0.15, 0.2) is 34.5 Å². The van der Waals surface area contributed by atoms with E-state index in [-0.39, 0.29) is 56.9 Å². The van der Waals surface area contributed by atoms with Crippen LogP contribution in [0.3, 0.4) is 0 Å². The number of ketones is 3. The third-order valence-electron chi connectivity index (χ3n) is 9.19. The van der Waals surface area contributed by atoms with Gasteiger partial charge in [0.05, 0.1) is 24.2 Å². The Hall–Kier alpha value is -3.89. The van der Waals surface area contributed by atoms with Crippen LogP contribution in [0.25, 0.3) is 0 Å². The third kappa shape index (κ3) is 3.14. The van der Waals surface area contributed by atoms with E-state index in [4.69, 9.17) is 9.47 Å². The molecule has 5 N–H and O–H groups in total. The number of fused-ring (bicyclic) bond motifs is 1. The van der Waals surface area contributed by atoms with Crippen LogP contribution in [0.15, 0.2) is 51.2 Å². The van der Waals surface area contributed by atoms with Gasteiger partial charge in [-0.05, 0) is 50.5 Å². The number of hydrogen-bond acceptors (Lipinski definition) is 10. The highest BCUT2D eigenvalue weighted by atomic mass is 16.5. The summed E-state index contributed by atoms with van der Waals surface area (Å²) in [7, 11) is 1.18. The number of aryl methyl sites for hydroxylation is 1. The molecule has 0 bridgehead atoms. The molecule has 1 fully saturated rings. The van der Waals surface area contributed by atoms with Crippen molar-refractivity contribution in [2.24, 2.45) is 11.3 Å². The molecule has 1 saturated heterocycles. The molecule has 5 rings (SSSR count). The van der Waals surface area contributed by atoms with Gasteiger partial charge in [0.2, 0.25) is 0 Å². The van der Waals surface area contributed by atoms with E-state index >= 15 is 0 Å². The molecule has 0 amide bonds. The lowest BCUT2D eigenvalue weighted by Crippen LogP contribution is -2.59. The second kappa shape index (κ2) is 8.55. The Bertz CT molecular complexity index is 1570. The molecule has 1 aromatic rings. The topological polar surface area (TPSA) is 171 Å². The zero-order valence-electron chi connectivity index (χ0n) is 23.3. The molecule has 4 atom stereocenters. The summed E-state index contributed by atoms with van der Waals surface area (Å²) in [5.74, 6) is -5.37. The molecule has 0 radical (unpaired) electrons. The number of Topliss-reactive ketones (excluding diaryl/α,β-unsaturated/α-hetero) is 3. The molecule has 4 aliphatic rings. The standard InChI is InChI=1S/C30H32O10/c1-10-8-15(12(3)31)22(33)16(21(10)32)9-14-11(2)17-18-19(23(14)34)24(35)26(39-7)25(36)20(18)27(37)30(38)28(17)40-13(4)29(30,5)6/h8,13,20,25,32-33,35-36,38H,9H2,1-7H3. The molecule has 0 aromatic heterocycles. The Morgan fingerprint density at radius 1 is 1.10 bits per heavy atom. The highest BCUT2D eigenvalue weighted by Crippen LogP contribution is 2.60. The Morgan fingerprint density at radius 2 is 1.73 bits per heavy atom. The fourth-order valence-electron chi connectivity index (χ4n) is 6.41. The minimum absolute atomic E-state index is 0.0155. The average molecular weight is 553 g/mol. The number of carbonyl (C=O) groups is 3. The van der Waals surface area contributed by atoms with E-state index in [1.165, 1.54) is 20.1 Å². The summed E-state index contributed by atoms with van der Waals surface area (Å²) >= 11 is 0. The van der Waals surface area contributed by atoms with Crippen LogP contribution in [0.2, 0.25) is 0 Å². The van der Waals surface area contributed by atoms with E-state index < -0.39 is 63.8 Å². The molecule has 10 heteroatoms. The second-order valence-electron chi connectivity index (χ2n) is 11.5. The zero-order valence-corrected chi connectivity index (χ0v) is 23.3. The maximum atomic E-state index is 14.1. The zero-order chi connectivity index (χ0) is 29.8. The number of ether oxygens (including phenoxy) is 2. The van der Waals surface area contributed by atoms with E-state index in [0.29, 0.717) is 5.56 Å². The Kier molecular flexibility index (Phi) is 5.92. The molecule has 4 unspecified atom stereocenters. The molecule has 1 aliphatic heterocycles. The Morgan fingerprint density at radius 3 is 2.30 bits per heavy atom. The van der Waals surface area contributed by atoms with Gasteiger partial charge in [0.1, 0.15) is 29.5 Å². The van der Waals surface area contributed by atoms with Crippen molar-refractivity contribution in [3.63, 3.8) is 0 Å². The van der Waals surface area contributed by atoms with Crippen LogP contribution in [-0.4, -0.2) is 67.8 Å². The van der Waals surface area contributed by atoms with Crippen molar-refractivity contribution in [1.82, 2.24) is 0 Å². The fraction of sp³-hybridized carbons (Fsp3) is 0.433. The summed E-state index contributed by atoms with van der Waals surface area (Å²) in [5.41, 5.74) is -2.94. The number of hydrogen-bond donors (Lipinski definition) is 5. The fourth-order valence-corrected chi connectivity index (χ4v) is 6.41. The lowest BCUT2D eigenvalue weighted by molar-refractivity contribution is -0.150. The number of benzene rings is 1. The molecule has 0 saturated carbocycles. The monoisotopic (exact) mass is 552 g/mol. The maximum absolute atomic E-state index is 14.1. The van der Waals surface area contributed by atoms with Crippen molar-refractivity contribution in [2.75, 3.05) is 7.11 Å². The number of methoxy groups -OCH3 is 1. The minimum atomic E-state index is -2.18. The van der Waals surface area contributed by atoms with Crippen LogP contribution < -0.4 is 0 Å². The summed E-state index contributed by atoms with van der Waals surface area (Å²) in [4.78, 5) is 40.2. The van der Waals surface area contributed by atoms with E-state index in [1.807, 2.05) is 0 Å². The Labute approximate surface area is 230 Å². The van der Waals surface area contributed by atoms with E-state index in [1.54, 1.807) is 34.6 Å². The van der Waals surface area contributed by atoms with E-state index in [2.05, 4.69) is 0 Å². The van der Waals surface area contributed by atoms with Gasteiger partial charge in [-0.3, -0.25) is 14.4 Å². The molecule has 212 valence electrons. The number of carbonyl (C=O) groups excluding carboxylic acids is 3. The molecule has 10 nitrogen and oxygen atoms in total. The minimum Gasteiger partial charge on any atom is -0.507 e. The average Bonchev–Trinajstić information content (AvgIpc) is 3.06. The molecular weight excluding hydrogens is 520 g/mol. The van der Waals surface area contributed by atoms with Crippen LogP contribution in [0.1, 0.15) is 56.1 Å². The molecule has 0 spiro atoms. The van der Waals surface area contributed by atoms with Crippen molar-refractivity contribution < 1.29 is 49.4 Å². The summed E-state index contributed by atoms with van der Waals surface area (Å²) in [6, 6.07) is 1.35. The van der Waals surface area contributed by atoms with Crippen LogP contribution in [-0.2, 0) is 25.5 Å². The summed E-state index contributed by atoms with van der Waals surface area (Å²) < 4.78 is 11.3.